The summed E-state index contributed by atoms with van der Waals surface area (Å²) in [4.78, 5) is 0. The third-order valence-corrected chi connectivity index (χ3v) is 7.48. The van der Waals surface area contributed by atoms with Crippen LogP contribution in [0.25, 0.3) is 0 Å². The molecule has 2 aromatic carbocycles. The summed E-state index contributed by atoms with van der Waals surface area (Å²) in [5.41, 5.74) is 0.215. The maximum atomic E-state index is 14.3. The molecule has 3 rings (SSSR count). The fourth-order valence-electron chi connectivity index (χ4n) is 3.03. The van der Waals surface area contributed by atoms with Crippen molar-refractivity contribution in [3.8, 4) is 0 Å². The van der Waals surface area contributed by atoms with E-state index in [2.05, 4.69) is 10.2 Å². The van der Waals surface area contributed by atoms with E-state index in [4.69, 9.17) is 0 Å². The molecule has 0 N–H and O–H groups in total. The molecule has 0 aromatic heterocycles. The molecule has 0 amide bonds. The Morgan fingerprint density at radius 3 is 1.68 bits per heavy atom. The minimum absolute atomic E-state index is 0.550. The van der Waals surface area contributed by atoms with Gasteiger partial charge in [-0.3, -0.25) is 0 Å². The van der Waals surface area contributed by atoms with Gasteiger partial charge < -0.3 is 4.57 Å². The Labute approximate surface area is 131 Å². The van der Waals surface area contributed by atoms with Crippen LogP contribution in [-0.2, 0) is 4.57 Å². The summed E-state index contributed by atoms with van der Waals surface area (Å²) in [5, 5.41) is 11.0. The molecular formula is C18H19N2OP. The van der Waals surface area contributed by atoms with Crippen molar-refractivity contribution in [2.75, 3.05) is 0 Å². The first-order valence-electron chi connectivity index (χ1n) is 7.32. The van der Waals surface area contributed by atoms with Crippen LogP contribution in [0.1, 0.15) is 20.8 Å². The van der Waals surface area contributed by atoms with Gasteiger partial charge in [-0.1, -0.05) is 60.7 Å². The van der Waals surface area contributed by atoms with Gasteiger partial charge in [-0.2, -0.15) is 10.2 Å². The van der Waals surface area contributed by atoms with Crippen LogP contribution in [-0.4, -0.2) is 5.54 Å². The largest absolute Gasteiger partial charge is 0.309 e. The Balaban J connectivity index is 2.32. The molecule has 0 saturated carbocycles. The summed E-state index contributed by atoms with van der Waals surface area (Å²) in [7, 11) is -2.96. The summed E-state index contributed by atoms with van der Waals surface area (Å²) < 4.78 is 14.3. The highest BCUT2D eigenvalue weighted by Gasteiger charge is 2.44. The van der Waals surface area contributed by atoms with Crippen LogP contribution in [0, 0.1) is 0 Å². The Hall–Kier alpha value is -1.99. The van der Waals surface area contributed by atoms with Gasteiger partial charge in [-0.05, 0) is 20.8 Å². The third-order valence-electron chi connectivity index (χ3n) is 3.93. The van der Waals surface area contributed by atoms with Crippen LogP contribution in [0.2, 0.25) is 0 Å². The van der Waals surface area contributed by atoms with E-state index in [9.17, 15) is 4.57 Å². The number of benzene rings is 2. The van der Waals surface area contributed by atoms with Gasteiger partial charge in [0, 0.05) is 15.9 Å². The van der Waals surface area contributed by atoms with Gasteiger partial charge in [0.25, 0.3) is 0 Å². The first-order chi connectivity index (χ1) is 10.5. The molecule has 3 nitrogen and oxygen atoms in total. The van der Waals surface area contributed by atoms with Gasteiger partial charge in [0.05, 0.1) is 5.70 Å². The molecule has 0 atom stereocenters. The quantitative estimate of drug-likeness (QED) is 0.771. The lowest BCUT2D eigenvalue weighted by atomic mass is 10.1. The summed E-state index contributed by atoms with van der Waals surface area (Å²) >= 11 is 0. The van der Waals surface area contributed by atoms with E-state index in [1.165, 1.54) is 0 Å². The van der Waals surface area contributed by atoms with Crippen molar-refractivity contribution >= 4 is 17.8 Å². The molecular weight excluding hydrogens is 291 g/mol. The summed E-state index contributed by atoms with van der Waals surface area (Å²) in [6, 6.07) is 19.3. The zero-order valence-corrected chi connectivity index (χ0v) is 13.9. The van der Waals surface area contributed by atoms with Crippen molar-refractivity contribution in [3.63, 3.8) is 0 Å². The summed E-state index contributed by atoms with van der Waals surface area (Å²) in [6.07, 6.45) is 0. The van der Waals surface area contributed by atoms with Gasteiger partial charge in [0.2, 0.25) is 0 Å². The van der Waals surface area contributed by atoms with E-state index in [0.29, 0.717) is 0 Å². The first kappa shape index (κ1) is 14.9. The van der Waals surface area contributed by atoms with Gasteiger partial charge in [-0.25, -0.2) is 0 Å². The summed E-state index contributed by atoms with van der Waals surface area (Å²) in [5.74, 6) is 0. The molecule has 1 aliphatic heterocycles. The molecule has 0 bridgehead atoms. The molecule has 2 aromatic rings. The molecule has 22 heavy (non-hydrogen) atoms. The number of rotatable bonds is 3. The van der Waals surface area contributed by atoms with Crippen molar-refractivity contribution in [2.24, 2.45) is 10.2 Å². The van der Waals surface area contributed by atoms with E-state index >= 15 is 0 Å². The minimum atomic E-state index is -2.96. The highest BCUT2D eigenvalue weighted by Crippen LogP contribution is 2.59. The zero-order chi connectivity index (χ0) is 15.8. The van der Waals surface area contributed by atoms with Crippen LogP contribution in [0.4, 0.5) is 0 Å². The molecule has 0 saturated heterocycles. The van der Waals surface area contributed by atoms with E-state index < -0.39 is 12.7 Å². The van der Waals surface area contributed by atoms with Crippen molar-refractivity contribution < 1.29 is 4.57 Å². The average molecular weight is 310 g/mol. The van der Waals surface area contributed by atoms with Crippen LogP contribution < -0.4 is 10.6 Å². The molecule has 0 fully saturated rings. The van der Waals surface area contributed by atoms with Crippen LogP contribution >= 0.6 is 7.14 Å². The Kier molecular flexibility index (Phi) is 3.62. The SMILES string of the molecule is CC1=C(P(=O)(c2ccccc2)c2ccccc2)C(C)(C)N=N1. The number of allylic oxidation sites excluding steroid dienone is 1. The van der Waals surface area contributed by atoms with Gasteiger partial charge in [-0.15, -0.1) is 0 Å². The highest BCUT2D eigenvalue weighted by molar-refractivity contribution is 7.82. The van der Waals surface area contributed by atoms with E-state index in [1.807, 2.05) is 81.4 Å². The molecule has 1 aliphatic rings. The fraction of sp³-hybridized carbons (Fsp3) is 0.222. The molecule has 0 aliphatic carbocycles. The van der Waals surface area contributed by atoms with Crippen molar-refractivity contribution in [2.45, 2.75) is 26.3 Å². The molecule has 4 heteroatoms. The van der Waals surface area contributed by atoms with E-state index in [-0.39, 0.29) is 0 Å². The van der Waals surface area contributed by atoms with E-state index in [1.54, 1.807) is 0 Å². The minimum Gasteiger partial charge on any atom is -0.309 e. The summed E-state index contributed by atoms with van der Waals surface area (Å²) in [6.45, 7) is 5.84. The molecule has 0 radical (unpaired) electrons. The molecule has 1 heterocycles. The predicted octanol–water partition coefficient (Wildman–Crippen LogP) is 4.48. The van der Waals surface area contributed by atoms with Crippen LogP contribution in [0.3, 0.4) is 0 Å². The third kappa shape index (κ3) is 2.26. The lowest BCUT2D eigenvalue weighted by molar-refractivity contribution is 0.576. The van der Waals surface area contributed by atoms with Crippen molar-refractivity contribution in [3.05, 3.63) is 71.7 Å². The Bertz CT molecular complexity index is 749. The number of hydrogen-bond acceptors (Lipinski definition) is 3. The highest BCUT2D eigenvalue weighted by atomic mass is 31.2. The molecule has 0 unspecified atom stereocenters. The topological polar surface area (TPSA) is 41.8 Å². The zero-order valence-electron chi connectivity index (χ0n) is 13.0. The Morgan fingerprint density at radius 1 is 0.864 bits per heavy atom. The number of azo groups is 1. The van der Waals surface area contributed by atoms with Crippen LogP contribution in [0.15, 0.2) is 81.9 Å². The van der Waals surface area contributed by atoms with Gasteiger partial charge >= 0.3 is 0 Å². The first-order valence-corrected chi connectivity index (χ1v) is 9.03. The fourth-order valence-corrected chi connectivity index (χ4v) is 6.35. The second kappa shape index (κ2) is 5.33. The molecule has 0 spiro atoms. The maximum absolute atomic E-state index is 14.3. The number of hydrogen-bond donors (Lipinski definition) is 0. The average Bonchev–Trinajstić information content (AvgIpc) is 2.82. The monoisotopic (exact) mass is 310 g/mol. The number of nitrogens with zero attached hydrogens (tertiary/aromatic N) is 2. The smallest absolute Gasteiger partial charge is 0.171 e. The second-order valence-electron chi connectivity index (χ2n) is 5.97. The lowest BCUT2D eigenvalue weighted by Gasteiger charge is -2.28. The standard InChI is InChI=1S/C18H19N2OP/c1-14-17(18(2,3)20-19-14)22(21,15-10-6-4-7-11-15)16-12-8-5-9-13-16/h4-13H,1-3H3. The van der Waals surface area contributed by atoms with Crippen molar-refractivity contribution in [1.82, 2.24) is 0 Å². The lowest BCUT2D eigenvalue weighted by Crippen LogP contribution is -2.27. The normalized spacial score (nSPS) is 17.0. The van der Waals surface area contributed by atoms with E-state index in [0.717, 1.165) is 21.6 Å². The van der Waals surface area contributed by atoms with Gasteiger partial charge in [0.1, 0.15) is 5.54 Å². The Morgan fingerprint density at radius 2 is 1.32 bits per heavy atom. The maximum Gasteiger partial charge on any atom is 0.171 e. The van der Waals surface area contributed by atoms with Crippen molar-refractivity contribution in [1.29, 1.82) is 0 Å². The second-order valence-corrected chi connectivity index (χ2v) is 8.67. The predicted molar refractivity (Wildman–Crippen MR) is 91.4 cm³/mol. The van der Waals surface area contributed by atoms with Crippen LogP contribution in [0.5, 0.6) is 0 Å². The molecule has 112 valence electrons. The van der Waals surface area contributed by atoms with Gasteiger partial charge in [0.15, 0.2) is 7.14 Å².